The van der Waals surface area contributed by atoms with Crippen LogP contribution in [0.3, 0.4) is 0 Å². The van der Waals surface area contributed by atoms with Crippen molar-refractivity contribution in [2.45, 2.75) is 13.0 Å². The van der Waals surface area contributed by atoms with E-state index in [-0.39, 0.29) is 17.2 Å². The third-order valence-corrected chi connectivity index (χ3v) is 3.95. The van der Waals surface area contributed by atoms with Crippen molar-refractivity contribution in [1.29, 1.82) is 0 Å². The largest absolute Gasteiger partial charge is 0.478 e. The van der Waals surface area contributed by atoms with Gasteiger partial charge in [-0.15, -0.1) is 0 Å². The van der Waals surface area contributed by atoms with Crippen LogP contribution in [0.25, 0.3) is 5.69 Å². The molecule has 126 valence electrons. The highest BCUT2D eigenvalue weighted by atomic mass is 16.4. The molecule has 1 heterocycles. The van der Waals surface area contributed by atoms with Crippen molar-refractivity contribution in [1.82, 2.24) is 14.9 Å². The average molecular weight is 335 g/mol. The molecule has 1 aromatic heterocycles. The Bertz CT molecular complexity index is 887. The Morgan fingerprint density at radius 2 is 1.76 bits per heavy atom. The molecular formula is C19H17N3O3. The van der Waals surface area contributed by atoms with Gasteiger partial charge in [-0.3, -0.25) is 4.79 Å². The predicted molar refractivity (Wildman–Crippen MR) is 92.8 cm³/mol. The van der Waals surface area contributed by atoms with Gasteiger partial charge < -0.3 is 15.0 Å². The topological polar surface area (TPSA) is 84.2 Å². The standard InChI is InChI=1S/C19H17N3O3/c1-13(14-6-8-15(9-7-14)22-11-10-20-12-22)21-18(23)16-4-2-3-5-17(16)19(24)25/h2-13H,1H3,(H,21,23)(H,24,25)/t13-/m1/s1. The Hall–Kier alpha value is -3.41. The zero-order chi connectivity index (χ0) is 17.8. The number of carboxylic acid groups (broad SMARTS) is 1. The molecule has 2 aromatic carbocycles. The summed E-state index contributed by atoms with van der Waals surface area (Å²) in [5, 5.41) is 12.0. The van der Waals surface area contributed by atoms with Gasteiger partial charge in [0.1, 0.15) is 0 Å². The van der Waals surface area contributed by atoms with Gasteiger partial charge in [0.05, 0.1) is 23.5 Å². The summed E-state index contributed by atoms with van der Waals surface area (Å²) in [6, 6.07) is 13.6. The normalized spacial score (nSPS) is 11.7. The van der Waals surface area contributed by atoms with Crippen molar-refractivity contribution in [3.63, 3.8) is 0 Å². The van der Waals surface area contributed by atoms with Crippen molar-refractivity contribution in [2.24, 2.45) is 0 Å². The maximum Gasteiger partial charge on any atom is 0.336 e. The molecule has 0 aliphatic carbocycles. The number of aromatic carboxylic acids is 1. The Kier molecular flexibility index (Phi) is 4.61. The molecule has 0 bridgehead atoms. The first-order valence-corrected chi connectivity index (χ1v) is 7.78. The summed E-state index contributed by atoms with van der Waals surface area (Å²) in [5.74, 6) is -1.53. The minimum atomic E-state index is -1.12. The van der Waals surface area contributed by atoms with Gasteiger partial charge >= 0.3 is 5.97 Å². The smallest absolute Gasteiger partial charge is 0.336 e. The fraction of sp³-hybridized carbons (Fsp3) is 0.105. The van der Waals surface area contributed by atoms with Crippen LogP contribution in [0.1, 0.15) is 39.2 Å². The Morgan fingerprint density at radius 3 is 2.36 bits per heavy atom. The van der Waals surface area contributed by atoms with E-state index >= 15 is 0 Å². The molecule has 0 aliphatic heterocycles. The summed E-state index contributed by atoms with van der Waals surface area (Å²) < 4.78 is 1.89. The fourth-order valence-corrected chi connectivity index (χ4v) is 2.57. The van der Waals surface area contributed by atoms with Gasteiger partial charge in [-0.1, -0.05) is 24.3 Å². The Labute approximate surface area is 144 Å². The Morgan fingerprint density at radius 1 is 1.08 bits per heavy atom. The number of benzene rings is 2. The van der Waals surface area contributed by atoms with Gasteiger partial charge in [0.25, 0.3) is 5.91 Å². The molecule has 0 fully saturated rings. The molecule has 0 unspecified atom stereocenters. The number of amides is 1. The monoisotopic (exact) mass is 335 g/mol. The van der Waals surface area contributed by atoms with Crippen molar-refractivity contribution in [3.05, 3.63) is 83.9 Å². The number of imidazole rings is 1. The highest BCUT2D eigenvalue weighted by molar-refractivity contribution is 6.04. The lowest BCUT2D eigenvalue weighted by molar-refractivity contribution is 0.0690. The molecule has 0 aliphatic rings. The van der Waals surface area contributed by atoms with Crippen LogP contribution in [0.15, 0.2) is 67.3 Å². The number of hydrogen-bond donors (Lipinski definition) is 2. The fourth-order valence-electron chi connectivity index (χ4n) is 2.57. The number of nitrogens with one attached hydrogen (secondary N) is 1. The maximum absolute atomic E-state index is 12.4. The molecule has 6 heteroatoms. The van der Waals surface area contributed by atoms with Crippen molar-refractivity contribution >= 4 is 11.9 Å². The first kappa shape index (κ1) is 16.4. The molecule has 3 rings (SSSR count). The lowest BCUT2D eigenvalue weighted by Gasteiger charge is -2.16. The molecule has 3 aromatic rings. The highest BCUT2D eigenvalue weighted by Crippen LogP contribution is 2.17. The van der Waals surface area contributed by atoms with Crippen LogP contribution in [0.5, 0.6) is 0 Å². The number of nitrogens with zero attached hydrogens (tertiary/aromatic N) is 2. The molecule has 0 radical (unpaired) electrons. The molecule has 2 N–H and O–H groups in total. The van der Waals surface area contributed by atoms with Gasteiger partial charge in [0.2, 0.25) is 0 Å². The summed E-state index contributed by atoms with van der Waals surface area (Å²) >= 11 is 0. The number of carbonyl (C=O) groups excluding carboxylic acids is 1. The number of carbonyl (C=O) groups is 2. The summed E-state index contributed by atoms with van der Waals surface area (Å²) in [5.41, 5.74) is 2.03. The third kappa shape index (κ3) is 3.58. The molecule has 1 amide bonds. The van der Waals surface area contributed by atoms with E-state index in [9.17, 15) is 14.7 Å². The minimum Gasteiger partial charge on any atom is -0.478 e. The van der Waals surface area contributed by atoms with Crippen LogP contribution >= 0.6 is 0 Å². The minimum absolute atomic E-state index is 0.0114. The second kappa shape index (κ2) is 7.00. The second-order valence-electron chi connectivity index (χ2n) is 5.61. The van der Waals surface area contributed by atoms with E-state index < -0.39 is 11.9 Å². The molecule has 1 atom stereocenters. The summed E-state index contributed by atoms with van der Waals surface area (Å²) in [6.45, 7) is 1.85. The van der Waals surface area contributed by atoms with Gasteiger partial charge in [0.15, 0.2) is 0 Å². The van der Waals surface area contributed by atoms with Crippen LogP contribution < -0.4 is 5.32 Å². The first-order chi connectivity index (χ1) is 12.1. The second-order valence-corrected chi connectivity index (χ2v) is 5.61. The summed E-state index contributed by atoms with van der Waals surface area (Å²) in [7, 11) is 0. The van der Waals surface area contributed by atoms with Crippen molar-refractivity contribution in [3.8, 4) is 5.69 Å². The lowest BCUT2D eigenvalue weighted by Crippen LogP contribution is -2.28. The SMILES string of the molecule is C[C@@H](NC(=O)c1ccccc1C(=O)O)c1ccc(-n2ccnc2)cc1. The Balaban J connectivity index is 1.75. The molecule has 0 saturated carbocycles. The molecule has 6 nitrogen and oxygen atoms in total. The van der Waals surface area contributed by atoms with E-state index in [2.05, 4.69) is 10.3 Å². The number of hydrogen-bond acceptors (Lipinski definition) is 3. The van der Waals surface area contributed by atoms with Crippen LogP contribution in [0.2, 0.25) is 0 Å². The van der Waals surface area contributed by atoms with Gasteiger partial charge in [-0.05, 0) is 36.8 Å². The molecular weight excluding hydrogens is 318 g/mol. The van der Waals surface area contributed by atoms with E-state index in [1.165, 1.54) is 12.1 Å². The zero-order valence-electron chi connectivity index (χ0n) is 13.6. The number of aromatic nitrogens is 2. The van der Waals surface area contributed by atoms with Crippen LogP contribution in [0.4, 0.5) is 0 Å². The predicted octanol–water partition coefficient (Wildman–Crippen LogP) is 3.06. The average Bonchev–Trinajstić information content (AvgIpc) is 3.16. The van der Waals surface area contributed by atoms with Crippen molar-refractivity contribution in [2.75, 3.05) is 0 Å². The van der Waals surface area contributed by atoms with E-state index in [0.717, 1.165) is 11.3 Å². The third-order valence-electron chi connectivity index (χ3n) is 3.95. The van der Waals surface area contributed by atoms with Gasteiger partial charge in [0, 0.05) is 18.1 Å². The van der Waals surface area contributed by atoms with E-state index in [1.54, 1.807) is 24.7 Å². The quantitative estimate of drug-likeness (QED) is 0.750. The van der Waals surface area contributed by atoms with E-state index in [0.29, 0.717) is 0 Å². The van der Waals surface area contributed by atoms with Gasteiger partial charge in [-0.2, -0.15) is 0 Å². The first-order valence-electron chi connectivity index (χ1n) is 7.78. The van der Waals surface area contributed by atoms with Gasteiger partial charge in [-0.25, -0.2) is 9.78 Å². The van der Waals surface area contributed by atoms with Crippen LogP contribution in [-0.4, -0.2) is 26.5 Å². The van der Waals surface area contributed by atoms with E-state index in [4.69, 9.17) is 0 Å². The number of carboxylic acids is 1. The zero-order valence-corrected chi connectivity index (χ0v) is 13.6. The highest BCUT2D eigenvalue weighted by Gasteiger charge is 2.17. The van der Waals surface area contributed by atoms with Crippen LogP contribution in [-0.2, 0) is 0 Å². The molecule has 25 heavy (non-hydrogen) atoms. The van der Waals surface area contributed by atoms with E-state index in [1.807, 2.05) is 42.0 Å². The summed E-state index contributed by atoms with van der Waals surface area (Å²) in [4.78, 5) is 27.7. The molecule has 0 spiro atoms. The number of rotatable bonds is 5. The van der Waals surface area contributed by atoms with Crippen molar-refractivity contribution < 1.29 is 14.7 Å². The summed E-state index contributed by atoms with van der Waals surface area (Å²) in [6.07, 6.45) is 5.27. The van der Waals surface area contributed by atoms with Crippen LogP contribution in [0, 0.1) is 0 Å². The maximum atomic E-state index is 12.4. The molecule has 0 saturated heterocycles. The lowest BCUT2D eigenvalue weighted by atomic mass is 10.0.